The minimum absolute atomic E-state index is 0.156. The molecule has 0 aliphatic heterocycles. The van der Waals surface area contributed by atoms with Crippen molar-refractivity contribution in [1.29, 1.82) is 0 Å². The lowest BCUT2D eigenvalue weighted by atomic mass is 9.86. The topological polar surface area (TPSA) is 26.3 Å². The second kappa shape index (κ2) is 6.18. The van der Waals surface area contributed by atoms with Crippen LogP contribution in [-0.4, -0.2) is 11.9 Å². The maximum absolute atomic E-state index is 13.2. The summed E-state index contributed by atoms with van der Waals surface area (Å²) in [5.41, 5.74) is 0.345. The Kier molecular flexibility index (Phi) is 4.56. The van der Waals surface area contributed by atoms with Gasteiger partial charge in [0, 0.05) is 0 Å². The quantitative estimate of drug-likeness (QED) is 0.754. The van der Waals surface area contributed by atoms with E-state index in [9.17, 15) is 9.18 Å². The van der Waals surface area contributed by atoms with E-state index in [1.165, 1.54) is 38.3 Å². The molecule has 1 aromatic carbocycles. The highest BCUT2D eigenvalue weighted by molar-refractivity contribution is 5.96. The lowest BCUT2D eigenvalue weighted by Crippen LogP contribution is -2.24. The average Bonchev–Trinajstić information content (AvgIpc) is 2.41. The highest BCUT2D eigenvalue weighted by atomic mass is 19.1. The third kappa shape index (κ3) is 3.55. The van der Waals surface area contributed by atoms with Gasteiger partial charge in [0.15, 0.2) is 5.78 Å². The first kappa shape index (κ1) is 14.0. The molecule has 3 heteroatoms. The number of halogens is 1. The van der Waals surface area contributed by atoms with Crippen molar-refractivity contribution in [3.05, 3.63) is 29.6 Å². The number of carbonyl (C=O) groups excluding carboxylic acids is 1. The summed E-state index contributed by atoms with van der Waals surface area (Å²) in [4.78, 5) is 11.5. The van der Waals surface area contributed by atoms with Crippen molar-refractivity contribution >= 4 is 5.78 Å². The second-order valence-electron chi connectivity index (χ2n) is 5.37. The molecule has 2 nitrogen and oxygen atoms in total. The van der Waals surface area contributed by atoms with E-state index in [1.807, 2.05) is 0 Å². The summed E-state index contributed by atoms with van der Waals surface area (Å²) < 4.78 is 19.1. The minimum atomic E-state index is -0.396. The Hall–Kier alpha value is -1.38. The van der Waals surface area contributed by atoms with Crippen LogP contribution in [0.3, 0.4) is 0 Å². The van der Waals surface area contributed by atoms with Gasteiger partial charge in [0.05, 0.1) is 11.7 Å². The highest BCUT2D eigenvalue weighted by Crippen LogP contribution is 2.30. The molecule has 0 saturated heterocycles. The van der Waals surface area contributed by atoms with Crippen LogP contribution < -0.4 is 4.74 Å². The molecule has 0 atom stereocenters. The van der Waals surface area contributed by atoms with Gasteiger partial charge in [-0.3, -0.25) is 4.79 Å². The van der Waals surface area contributed by atoms with Crippen LogP contribution in [0.25, 0.3) is 0 Å². The number of hydrogen-bond acceptors (Lipinski definition) is 2. The molecule has 0 amide bonds. The number of rotatable bonds is 4. The van der Waals surface area contributed by atoms with Gasteiger partial charge in [0.2, 0.25) is 0 Å². The summed E-state index contributed by atoms with van der Waals surface area (Å²) in [6.07, 6.45) is 5.78. The molecule has 0 heterocycles. The number of ketones is 1. The maximum atomic E-state index is 13.2. The molecule has 0 unspecified atom stereocenters. The first-order valence-corrected chi connectivity index (χ1v) is 7.07. The van der Waals surface area contributed by atoms with Crippen LogP contribution in [0.1, 0.15) is 56.3 Å². The SMILES string of the molecule is CCC1CCC(Oc2ccc(F)cc2C(C)=O)CC1. The van der Waals surface area contributed by atoms with Crippen molar-refractivity contribution < 1.29 is 13.9 Å². The summed E-state index contributed by atoms with van der Waals surface area (Å²) in [6, 6.07) is 4.17. The summed E-state index contributed by atoms with van der Waals surface area (Å²) in [5.74, 6) is 0.776. The van der Waals surface area contributed by atoms with E-state index >= 15 is 0 Å². The maximum Gasteiger partial charge on any atom is 0.163 e. The van der Waals surface area contributed by atoms with E-state index in [2.05, 4.69) is 6.92 Å². The fraction of sp³-hybridized carbons (Fsp3) is 0.562. The van der Waals surface area contributed by atoms with Crippen LogP contribution in [0.2, 0.25) is 0 Å². The number of hydrogen-bond donors (Lipinski definition) is 0. The van der Waals surface area contributed by atoms with Crippen LogP contribution >= 0.6 is 0 Å². The highest BCUT2D eigenvalue weighted by Gasteiger charge is 2.22. The Labute approximate surface area is 114 Å². The smallest absolute Gasteiger partial charge is 0.163 e. The van der Waals surface area contributed by atoms with E-state index in [0.717, 1.165) is 18.8 Å². The lowest BCUT2D eigenvalue weighted by molar-refractivity contribution is 0.0993. The normalized spacial score (nSPS) is 23.1. The lowest BCUT2D eigenvalue weighted by Gasteiger charge is -2.28. The predicted molar refractivity (Wildman–Crippen MR) is 73.1 cm³/mol. The van der Waals surface area contributed by atoms with Gasteiger partial charge in [-0.15, -0.1) is 0 Å². The second-order valence-corrected chi connectivity index (χ2v) is 5.37. The summed E-state index contributed by atoms with van der Waals surface area (Å²) in [6.45, 7) is 3.66. The molecule has 1 fully saturated rings. The van der Waals surface area contributed by atoms with Crippen molar-refractivity contribution in [1.82, 2.24) is 0 Å². The third-order valence-corrected chi connectivity index (χ3v) is 3.99. The molecule has 19 heavy (non-hydrogen) atoms. The van der Waals surface area contributed by atoms with E-state index in [4.69, 9.17) is 4.74 Å². The first-order valence-electron chi connectivity index (χ1n) is 7.07. The largest absolute Gasteiger partial charge is 0.490 e. The monoisotopic (exact) mass is 264 g/mol. The van der Waals surface area contributed by atoms with Gasteiger partial charge in [0.25, 0.3) is 0 Å². The van der Waals surface area contributed by atoms with Gasteiger partial charge in [-0.2, -0.15) is 0 Å². The molecule has 1 saturated carbocycles. The molecule has 0 bridgehead atoms. The molecule has 104 valence electrons. The number of carbonyl (C=O) groups is 1. The predicted octanol–water partition coefficient (Wildman–Crippen LogP) is 4.38. The van der Waals surface area contributed by atoms with Crippen LogP contribution in [0.15, 0.2) is 18.2 Å². The molecule has 2 rings (SSSR count). The Balaban J connectivity index is 2.05. The first-order chi connectivity index (χ1) is 9.10. The van der Waals surface area contributed by atoms with E-state index in [0.29, 0.717) is 11.3 Å². The number of Topliss-reactive ketones (excluding diaryl/α,β-unsaturated/α-hetero) is 1. The van der Waals surface area contributed by atoms with Crippen LogP contribution in [0.5, 0.6) is 5.75 Å². The van der Waals surface area contributed by atoms with Crippen LogP contribution in [-0.2, 0) is 0 Å². The van der Waals surface area contributed by atoms with Crippen LogP contribution in [0, 0.1) is 11.7 Å². The summed E-state index contributed by atoms with van der Waals surface area (Å²) in [5, 5.41) is 0. The van der Waals surface area contributed by atoms with E-state index in [-0.39, 0.29) is 11.9 Å². The van der Waals surface area contributed by atoms with E-state index < -0.39 is 5.82 Å². The zero-order chi connectivity index (χ0) is 13.8. The fourth-order valence-corrected chi connectivity index (χ4v) is 2.72. The Morgan fingerprint density at radius 1 is 1.32 bits per heavy atom. The van der Waals surface area contributed by atoms with Crippen LogP contribution in [0.4, 0.5) is 4.39 Å². The zero-order valence-electron chi connectivity index (χ0n) is 11.6. The molecular formula is C16H21FO2. The van der Waals surface area contributed by atoms with Crippen molar-refractivity contribution in [3.8, 4) is 5.75 Å². The van der Waals surface area contributed by atoms with E-state index in [1.54, 1.807) is 6.07 Å². The minimum Gasteiger partial charge on any atom is -0.490 e. The number of benzene rings is 1. The fourth-order valence-electron chi connectivity index (χ4n) is 2.72. The van der Waals surface area contributed by atoms with Crippen molar-refractivity contribution in [2.75, 3.05) is 0 Å². The molecule has 0 N–H and O–H groups in total. The van der Waals surface area contributed by atoms with Crippen molar-refractivity contribution in [3.63, 3.8) is 0 Å². The van der Waals surface area contributed by atoms with Gasteiger partial charge < -0.3 is 4.74 Å². The third-order valence-electron chi connectivity index (χ3n) is 3.99. The summed E-state index contributed by atoms with van der Waals surface area (Å²) >= 11 is 0. The average molecular weight is 264 g/mol. The molecule has 0 radical (unpaired) electrons. The molecular weight excluding hydrogens is 243 g/mol. The molecule has 1 aliphatic carbocycles. The van der Waals surface area contributed by atoms with Gasteiger partial charge >= 0.3 is 0 Å². The van der Waals surface area contributed by atoms with Gasteiger partial charge in [-0.1, -0.05) is 13.3 Å². The molecule has 1 aliphatic rings. The van der Waals surface area contributed by atoms with Gasteiger partial charge in [0.1, 0.15) is 11.6 Å². The standard InChI is InChI=1S/C16H21FO2/c1-3-12-4-7-14(8-5-12)19-16-9-6-13(17)10-15(16)11(2)18/h6,9-10,12,14H,3-5,7-8H2,1-2H3. The van der Waals surface area contributed by atoms with Crippen molar-refractivity contribution in [2.45, 2.75) is 52.1 Å². The number of ether oxygens (including phenoxy) is 1. The zero-order valence-corrected chi connectivity index (χ0v) is 11.6. The van der Waals surface area contributed by atoms with Gasteiger partial charge in [-0.05, 0) is 56.7 Å². The Morgan fingerprint density at radius 2 is 2.00 bits per heavy atom. The Bertz CT molecular complexity index is 448. The van der Waals surface area contributed by atoms with Gasteiger partial charge in [-0.25, -0.2) is 4.39 Å². The Morgan fingerprint density at radius 3 is 2.58 bits per heavy atom. The van der Waals surface area contributed by atoms with Crippen molar-refractivity contribution in [2.24, 2.45) is 5.92 Å². The summed E-state index contributed by atoms with van der Waals surface area (Å²) in [7, 11) is 0. The molecule has 0 aromatic heterocycles. The molecule has 0 spiro atoms. The molecule has 1 aromatic rings.